The Labute approximate surface area is 166 Å². The average Bonchev–Trinajstić information content (AvgIpc) is 3.20. The van der Waals surface area contributed by atoms with Gasteiger partial charge in [-0.1, -0.05) is 23.8 Å². The van der Waals surface area contributed by atoms with Crippen molar-refractivity contribution in [2.24, 2.45) is 0 Å². The minimum atomic E-state index is -0.659. The zero-order valence-electron chi connectivity index (χ0n) is 15.9. The van der Waals surface area contributed by atoms with Gasteiger partial charge < -0.3 is 19.8 Å². The number of hydrogen-bond acceptors (Lipinski definition) is 6. The number of carbonyl (C=O) groups is 1. The molecule has 1 unspecified atom stereocenters. The lowest BCUT2D eigenvalue weighted by atomic mass is 10.2. The van der Waals surface area contributed by atoms with E-state index in [0.717, 1.165) is 5.56 Å². The minimum Gasteiger partial charge on any atom is -0.481 e. The molecule has 2 aromatic heterocycles. The summed E-state index contributed by atoms with van der Waals surface area (Å²) in [5.74, 6) is 1.25. The van der Waals surface area contributed by atoms with Gasteiger partial charge in [-0.25, -0.2) is 9.97 Å². The Morgan fingerprint density at radius 3 is 2.72 bits per heavy atom. The van der Waals surface area contributed by atoms with Crippen LogP contribution in [0.4, 0.5) is 5.69 Å². The van der Waals surface area contributed by atoms with Crippen molar-refractivity contribution in [3.63, 3.8) is 0 Å². The molecule has 0 aliphatic carbocycles. The van der Waals surface area contributed by atoms with Crippen molar-refractivity contribution >= 4 is 22.8 Å². The lowest BCUT2D eigenvalue weighted by Crippen LogP contribution is -2.30. The fourth-order valence-corrected chi connectivity index (χ4v) is 2.69. The highest BCUT2D eigenvalue weighted by atomic mass is 16.5. The van der Waals surface area contributed by atoms with Gasteiger partial charge in [-0.15, -0.1) is 0 Å². The highest BCUT2D eigenvalue weighted by molar-refractivity contribution is 5.94. The number of ether oxygens (including phenoxy) is 2. The maximum absolute atomic E-state index is 12.5. The first kappa shape index (κ1) is 18.4. The molecule has 8 heteroatoms. The van der Waals surface area contributed by atoms with E-state index in [1.54, 1.807) is 31.2 Å². The van der Waals surface area contributed by atoms with E-state index < -0.39 is 6.10 Å². The molecule has 0 spiro atoms. The van der Waals surface area contributed by atoms with Crippen LogP contribution in [0.15, 0.2) is 61.2 Å². The quantitative estimate of drug-likeness (QED) is 0.519. The molecule has 0 fully saturated rings. The Hall–Kier alpha value is -3.94. The highest BCUT2D eigenvalue weighted by Gasteiger charge is 2.15. The molecule has 0 aliphatic heterocycles. The summed E-state index contributed by atoms with van der Waals surface area (Å²) in [7, 11) is 0. The van der Waals surface area contributed by atoms with E-state index in [-0.39, 0.29) is 5.91 Å². The van der Waals surface area contributed by atoms with Crippen LogP contribution < -0.4 is 14.8 Å². The summed E-state index contributed by atoms with van der Waals surface area (Å²) in [6, 6.07) is 14.6. The van der Waals surface area contributed by atoms with Gasteiger partial charge >= 0.3 is 0 Å². The van der Waals surface area contributed by atoms with Crippen molar-refractivity contribution in [3.05, 3.63) is 66.7 Å². The predicted molar refractivity (Wildman–Crippen MR) is 108 cm³/mol. The van der Waals surface area contributed by atoms with Gasteiger partial charge in [-0.2, -0.15) is 4.98 Å². The van der Waals surface area contributed by atoms with Crippen molar-refractivity contribution < 1.29 is 14.3 Å². The Kier molecular flexibility index (Phi) is 5.07. The number of anilines is 1. The third kappa shape index (κ3) is 4.32. The molecule has 146 valence electrons. The highest BCUT2D eigenvalue weighted by Crippen LogP contribution is 2.26. The number of carbonyl (C=O) groups excluding carboxylic acids is 1. The number of aryl methyl sites for hydroxylation is 1. The van der Waals surface area contributed by atoms with Gasteiger partial charge in [0, 0.05) is 11.8 Å². The SMILES string of the molecule is Cc1ccc(OC(C)C(=O)Nc2cccc(Oc3ncnc4nc[nH]c34)c2)cc1. The van der Waals surface area contributed by atoms with Crippen LogP contribution in [0.25, 0.3) is 11.2 Å². The second kappa shape index (κ2) is 7.97. The summed E-state index contributed by atoms with van der Waals surface area (Å²) >= 11 is 0. The van der Waals surface area contributed by atoms with E-state index in [0.29, 0.717) is 34.2 Å². The number of fused-ring (bicyclic) bond motifs is 1. The first-order valence-electron chi connectivity index (χ1n) is 9.05. The second-order valence-electron chi connectivity index (χ2n) is 6.47. The zero-order chi connectivity index (χ0) is 20.2. The van der Waals surface area contributed by atoms with Gasteiger partial charge in [0.05, 0.1) is 6.33 Å². The number of aromatic nitrogens is 4. The molecule has 0 aliphatic rings. The minimum absolute atomic E-state index is 0.263. The summed E-state index contributed by atoms with van der Waals surface area (Å²) < 4.78 is 11.5. The molecule has 1 atom stereocenters. The van der Waals surface area contributed by atoms with Gasteiger partial charge in [-0.05, 0) is 38.1 Å². The van der Waals surface area contributed by atoms with Crippen LogP contribution in [0.1, 0.15) is 12.5 Å². The molecule has 0 bridgehead atoms. The molecule has 4 rings (SSSR count). The summed E-state index contributed by atoms with van der Waals surface area (Å²) in [6.45, 7) is 3.69. The molecule has 8 nitrogen and oxygen atoms in total. The maximum atomic E-state index is 12.5. The molecule has 4 aromatic rings. The molecule has 2 heterocycles. The molecule has 1 amide bonds. The van der Waals surface area contributed by atoms with E-state index in [1.807, 2.05) is 31.2 Å². The number of nitrogens with one attached hydrogen (secondary N) is 2. The monoisotopic (exact) mass is 389 g/mol. The van der Waals surface area contributed by atoms with E-state index in [1.165, 1.54) is 12.7 Å². The summed E-state index contributed by atoms with van der Waals surface area (Å²) in [5.41, 5.74) is 2.83. The third-order valence-electron chi connectivity index (χ3n) is 4.21. The molecule has 29 heavy (non-hydrogen) atoms. The van der Waals surface area contributed by atoms with Gasteiger partial charge in [0.25, 0.3) is 5.91 Å². The maximum Gasteiger partial charge on any atom is 0.265 e. The fourth-order valence-electron chi connectivity index (χ4n) is 2.69. The predicted octanol–water partition coefficient (Wildman–Crippen LogP) is 3.86. The van der Waals surface area contributed by atoms with Gasteiger partial charge in [0.1, 0.15) is 23.3 Å². The van der Waals surface area contributed by atoms with Crippen LogP contribution >= 0.6 is 0 Å². The van der Waals surface area contributed by atoms with Crippen molar-refractivity contribution in [2.75, 3.05) is 5.32 Å². The summed E-state index contributed by atoms with van der Waals surface area (Å²) in [6.07, 6.45) is 2.25. The van der Waals surface area contributed by atoms with Crippen LogP contribution in [-0.2, 0) is 4.79 Å². The van der Waals surface area contributed by atoms with Gasteiger partial charge in [0.2, 0.25) is 5.88 Å². The molecule has 2 aromatic carbocycles. The first-order chi connectivity index (χ1) is 14.1. The largest absolute Gasteiger partial charge is 0.481 e. The van der Waals surface area contributed by atoms with Crippen LogP contribution in [0.3, 0.4) is 0 Å². The van der Waals surface area contributed by atoms with E-state index in [4.69, 9.17) is 9.47 Å². The number of imidazole rings is 1. The molecular formula is C21H19N5O3. The van der Waals surface area contributed by atoms with E-state index in [2.05, 4.69) is 25.3 Å². The third-order valence-corrected chi connectivity index (χ3v) is 4.21. The smallest absolute Gasteiger partial charge is 0.265 e. The van der Waals surface area contributed by atoms with Crippen molar-refractivity contribution in [1.29, 1.82) is 0 Å². The Balaban J connectivity index is 1.43. The normalized spacial score (nSPS) is 11.8. The number of H-pyrrole nitrogens is 1. The molecule has 0 radical (unpaired) electrons. The van der Waals surface area contributed by atoms with Crippen molar-refractivity contribution in [1.82, 2.24) is 19.9 Å². The second-order valence-corrected chi connectivity index (χ2v) is 6.47. The van der Waals surface area contributed by atoms with Crippen LogP contribution in [0.2, 0.25) is 0 Å². The fraction of sp³-hybridized carbons (Fsp3) is 0.143. The standard InChI is InChI=1S/C21H19N5O3/c1-13-6-8-16(9-7-13)28-14(2)20(27)26-15-4-3-5-17(10-15)29-21-18-19(23-11-22-18)24-12-25-21/h3-12,14H,1-2H3,(H,26,27)(H,22,23,24,25). The van der Waals surface area contributed by atoms with Gasteiger partial charge in [-0.3, -0.25) is 4.79 Å². The van der Waals surface area contributed by atoms with Crippen molar-refractivity contribution in [3.8, 4) is 17.4 Å². The molecule has 0 saturated carbocycles. The first-order valence-corrected chi connectivity index (χ1v) is 9.05. The molecule has 2 N–H and O–H groups in total. The zero-order valence-corrected chi connectivity index (χ0v) is 15.9. The lowest BCUT2D eigenvalue weighted by molar-refractivity contribution is -0.122. The Morgan fingerprint density at radius 2 is 1.90 bits per heavy atom. The molecule has 0 saturated heterocycles. The van der Waals surface area contributed by atoms with Crippen LogP contribution in [0.5, 0.6) is 17.4 Å². The lowest BCUT2D eigenvalue weighted by Gasteiger charge is -2.15. The number of aromatic amines is 1. The van der Waals surface area contributed by atoms with Crippen molar-refractivity contribution in [2.45, 2.75) is 20.0 Å². The number of amides is 1. The number of hydrogen-bond donors (Lipinski definition) is 2. The number of rotatable bonds is 6. The Morgan fingerprint density at radius 1 is 1.07 bits per heavy atom. The van der Waals surface area contributed by atoms with Crippen LogP contribution in [0, 0.1) is 6.92 Å². The van der Waals surface area contributed by atoms with E-state index in [9.17, 15) is 4.79 Å². The topological polar surface area (TPSA) is 102 Å². The van der Waals surface area contributed by atoms with Crippen LogP contribution in [-0.4, -0.2) is 31.9 Å². The summed E-state index contributed by atoms with van der Waals surface area (Å²) in [5, 5.41) is 2.83. The number of nitrogens with zero attached hydrogens (tertiary/aromatic N) is 3. The Bertz CT molecular complexity index is 1140. The summed E-state index contributed by atoms with van der Waals surface area (Å²) in [4.78, 5) is 27.7. The molecular weight excluding hydrogens is 370 g/mol. The number of benzene rings is 2. The van der Waals surface area contributed by atoms with Gasteiger partial charge in [0.15, 0.2) is 11.8 Å². The average molecular weight is 389 g/mol. The van der Waals surface area contributed by atoms with E-state index >= 15 is 0 Å².